The van der Waals surface area contributed by atoms with Gasteiger partial charge in [0.05, 0.1) is 11.8 Å². The second-order valence-corrected chi connectivity index (χ2v) is 6.08. The van der Waals surface area contributed by atoms with Gasteiger partial charge in [-0.1, -0.05) is 65.8 Å². The molecule has 0 bridgehead atoms. The Bertz CT molecular complexity index is 711. The standard InChI is InChI=1S/C20H22N2O2/c23-21-19(16-10-5-2-6-11-16)18-13-7-12-17(20(18)22-24)14-15-8-3-1-4-9-15/h1-6,8-11,14,18-19,21,23-24H,7,12-13H2/b17-14-,22-20-. The van der Waals surface area contributed by atoms with Gasteiger partial charge >= 0.3 is 0 Å². The van der Waals surface area contributed by atoms with Crippen LogP contribution in [0.15, 0.2) is 71.4 Å². The molecule has 1 saturated carbocycles. The number of nitrogens with one attached hydrogen (secondary N) is 1. The van der Waals surface area contributed by atoms with Crippen LogP contribution < -0.4 is 5.48 Å². The smallest absolute Gasteiger partial charge is 0.0878 e. The van der Waals surface area contributed by atoms with Crippen LogP contribution in [0.2, 0.25) is 0 Å². The maximum absolute atomic E-state index is 9.71. The van der Waals surface area contributed by atoms with Gasteiger partial charge in [0.25, 0.3) is 0 Å². The monoisotopic (exact) mass is 322 g/mol. The van der Waals surface area contributed by atoms with Gasteiger partial charge in [-0.15, -0.1) is 0 Å². The third-order valence-electron chi connectivity index (χ3n) is 4.59. The highest BCUT2D eigenvalue weighted by atomic mass is 16.5. The molecule has 1 aliphatic carbocycles. The van der Waals surface area contributed by atoms with Crippen LogP contribution in [0.5, 0.6) is 0 Å². The number of hydrogen-bond acceptors (Lipinski definition) is 4. The van der Waals surface area contributed by atoms with E-state index in [4.69, 9.17) is 0 Å². The molecule has 2 atom stereocenters. The van der Waals surface area contributed by atoms with Crippen molar-refractivity contribution in [2.75, 3.05) is 0 Å². The molecule has 0 heterocycles. The van der Waals surface area contributed by atoms with E-state index in [1.807, 2.05) is 60.7 Å². The van der Waals surface area contributed by atoms with Gasteiger partial charge in [-0.25, -0.2) is 0 Å². The summed E-state index contributed by atoms with van der Waals surface area (Å²) in [5.74, 6) is -0.0777. The van der Waals surface area contributed by atoms with Gasteiger partial charge in [0.2, 0.25) is 0 Å². The lowest BCUT2D eigenvalue weighted by atomic mass is 9.77. The molecule has 2 aromatic rings. The molecular weight excluding hydrogens is 300 g/mol. The summed E-state index contributed by atoms with van der Waals surface area (Å²) in [5, 5.41) is 23.0. The number of hydrogen-bond donors (Lipinski definition) is 3. The molecular formula is C20H22N2O2. The van der Waals surface area contributed by atoms with Crippen molar-refractivity contribution in [2.24, 2.45) is 11.1 Å². The van der Waals surface area contributed by atoms with Gasteiger partial charge in [-0.05, 0) is 42.0 Å². The number of benzene rings is 2. The van der Waals surface area contributed by atoms with E-state index in [1.54, 1.807) is 0 Å². The maximum Gasteiger partial charge on any atom is 0.0878 e. The van der Waals surface area contributed by atoms with Crippen LogP contribution in [0.3, 0.4) is 0 Å². The van der Waals surface area contributed by atoms with Crippen molar-refractivity contribution in [2.45, 2.75) is 25.3 Å². The fraction of sp³-hybridized carbons (Fsp3) is 0.250. The summed E-state index contributed by atoms with van der Waals surface area (Å²) in [5.41, 5.74) is 6.16. The zero-order chi connectivity index (χ0) is 16.8. The summed E-state index contributed by atoms with van der Waals surface area (Å²) in [6.07, 6.45) is 4.80. The highest BCUT2D eigenvalue weighted by Crippen LogP contribution is 2.35. The Morgan fingerprint density at radius 2 is 1.71 bits per heavy atom. The Morgan fingerprint density at radius 1 is 1.04 bits per heavy atom. The first-order valence-electron chi connectivity index (χ1n) is 8.26. The Kier molecular flexibility index (Phi) is 5.41. The maximum atomic E-state index is 9.71. The molecule has 0 aliphatic heterocycles. The summed E-state index contributed by atoms with van der Waals surface area (Å²) in [4.78, 5) is 0. The van der Waals surface area contributed by atoms with Crippen LogP contribution >= 0.6 is 0 Å². The zero-order valence-corrected chi connectivity index (χ0v) is 13.5. The lowest BCUT2D eigenvalue weighted by molar-refractivity contribution is 0.106. The lowest BCUT2D eigenvalue weighted by Gasteiger charge is -2.31. The summed E-state index contributed by atoms with van der Waals surface area (Å²) < 4.78 is 0. The van der Waals surface area contributed by atoms with E-state index in [-0.39, 0.29) is 12.0 Å². The largest absolute Gasteiger partial charge is 0.411 e. The average Bonchev–Trinajstić information content (AvgIpc) is 2.64. The Labute approximate surface area is 142 Å². The molecule has 1 aliphatic rings. The molecule has 1 fully saturated rings. The quantitative estimate of drug-likeness (QED) is 0.576. The highest BCUT2D eigenvalue weighted by Gasteiger charge is 2.32. The van der Waals surface area contributed by atoms with E-state index in [0.29, 0.717) is 5.71 Å². The molecule has 124 valence electrons. The second kappa shape index (κ2) is 7.90. The van der Waals surface area contributed by atoms with Gasteiger partial charge in [0, 0.05) is 5.92 Å². The molecule has 3 N–H and O–H groups in total. The minimum absolute atomic E-state index is 0.0777. The summed E-state index contributed by atoms with van der Waals surface area (Å²) >= 11 is 0. The van der Waals surface area contributed by atoms with Crippen molar-refractivity contribution in [3.8, 4) is 0 Å². The number of allylic oxidation sites excluding steroid dienone is 1. The Hall–Kier alpha value is -2.43. The van der Waals surface area contributed by atoms with E-state index in [9.17, 15) is 10.4 Å². The molecule has 0 spiro atoms. The van der Waals surface area contributed by atoms with E-state index >= 15 is 0 Å². The zero-order valence-electron chi connectivity index (χ0n) is 13.5. The molecule has 0 aromatic heterocycles. The van der Waals surface area contributed by atoms with E-state index in [2.05, 4.69) is 16.7 Å². The van der Waals surface area contributed by atoms with Crippen molar-refractivity contribution in [3.05, 3.63) is 77.4 Å². The first-order chi connectivity index (χ1) is 11.8. The molecule has 4 nitrogen and oxygen atoms in total. The van der Waals surface area contributed by atoms with E-state index in [0.717, 1.165) is 36.0 Å². The molecule has 4 heteroatoms. The molecule has 3 rings (SSSR count). The average molecular weight is 322 g/mol. The van der Waals surface area contributed by atoms with Crippen LogP contribution in [0.4, 0.5) is 0 Å². The normalized spacial score (nSPS) is 22.6. The first kappa shape index (κ1) is 16.4. The van der Waals surface area contributed by atoms with Crippen LogP contribution in [-0.2, 0) is 0 Å². The van der Waals surface area contributed by atoms with Crippen molar-refractivity contribution in [3.63, 3.8) is 0 Å². The minimum atomic E-state index is -0.295. The third-order valence-corrected chi connectivity index (χ3v) is 4.59. The molecule has 0 amide bonds. The molecule has 0 saturated heterocycles. The molecule has 0 radical (unpaired) electrons. The summed E-state index contributed by atoms with van der Waals surface area (Å²) in [7, 11) is 0. The number of nitrogens with zero attached hydrogens (tertiary/aromatic N) is 1. The topological polar surface area (TPSA) is 64.9 Å². The summed E-state index contributed by atoms with van der Waals surface area (Å²) in [6, 6.07) is 19.5. The number of oxime groups is 1. The van der Waals surface area contributed by atoms with Crippen molar-refractivity contribution < 1.29 is 10.4 Å². The molecule has 2 unspecified atom stereocenters. The summed E-state index contributed by atoms with van der Waals surface area (Å²) in [6.45, 7) is 0. The van der Waals surface area contributed by atoms with E-state index < -0.39 is 0 Å². The van der Waals surface area contributed by atoms with Crippen LogP contribution in [0, 0.1) is 5.92 Å². The first-order valence-corrected chi connectivity index (χ1v) is 8.26. The van der Waals surface area contributed by atoms with Crippen molar-refractivity contribution in [1.29, 1.82) is 0 Å². The van der Waals surface area contributed by atoms with Gasteiger partial charge in [-0.3, -0.25) is 0 Å². The van der Waals surface area contributed by atoms with Crippen LogP contribution in [0.1, 0.15) is 36.4 Å². The van der Waals surface area contributed by atoms with Gasteiger partial charge in [-0.2, -0.15) is 5.48 Å². The predicted octanol–water partition coefficient (Wildman–Crippen LogP) is 4.42. The fourth-order valence-corrected chi connectivity index (χ4v) is 3.43. The number of rotatable bonds is 4. The highest BCUT2D eigenvalue weighted by molar-refractivity contribution is 6.05. The Morgan fingerprint density at radius 3 is 2.33 bits per heavy atom. The second-order valence-electron chi connectivity index (χ2n) is 6.08. The van der Waals surface area contributed by atoms with Gasteiger partial charge in [0.15, 0.2) is 0 Å². The van der Waals surface area contributed by atoms with Gasteiger partial charge in [0.1, 0.15) is 0 Å². The van der Waals surface area contributed by atoms with Crippen molar-refractivity contribution >= 4 is 11.8 Å². The lowest BCUT2D eigenvalue weighted by Crippen LogP contribution is -2.34. The predicted molar refractivity (Wildman–Crippen MR) is 95.1 cm³/mol. The third kappa shape index (κ3) is 3.55. The van der Waals surface area contributed by atoms with E-state index in [1.165, 1.54) is 0 Å². The van der Waals surface area contributed by atoms with Gasteiger partial charge < -0.3 is 10.4 Å². The van der Waals surface area contributed by atoms with Crippen LogP contribution in [-0.4, -0.2) is 16.1 Å². The fourth-order valence-electron chi connectivity index (χ4n) is 3.43. The van der Waals surface area contributed by atoms with Crippen LogP contribution in [0.25, 0.3) is 6.08 Å². The molecule has 24 heavy (non-hydrogen) atoms. The molecule has 2 aromatic carbocycles. The Balaban J connectivity index is 1.92. The SMILES string of the molecule is O/N=C1/C(=C\c2ccccc2)CCCC1C(NO)c1ccccc1. The van der Waals surface area contributed by atoms with Crippen molar-refractivity contribution in [1.82, 2.24) is 5.48 Å². The number of hydroxylamine groups is 1. The minimum Gasteiger partial charge on any atom is -0.411 e.